The minimum atomic E-state index is -0.751. The maximum atomic E-state index is 14.3. The Morgan fingerprint density at radius 1 is 1.29 bits per heavy atom. The molecule has 190 valence electrons. The molecule has 34 heavy (non-hydrogen) atoms. The second kappa shape index (κ2) is 9.97. The number of alkyl halides is 1. The van der Waals surface area contributed by atoms with E-state index in [1.807, 2.05) is 27.7 Å². The molecule has 1 spiro atoms. The van der Waals surface area contributed by atoms with Crippen LogP contribution in [0.3, 0.4) is 0 Å². The molecule has 3 rings (SSSR count). The number of carbonyl (C=O) groups excluding carboxylic acids is 3. The summed E-state index contributed by atoms with van der Waals surface area (Å²) in [5.41, 5.74) is -0.482. The zero-order valence-corrected chi connectivity index (χ0v) is 23.3. The molecule has 7 nitrogen and oxygen atoms in total. The van der Waals surface area contributed by atoms with E-state index < -0.39 is 34.2 Å². The molecule has 7 atom stereocenters. The van der Waals surface area contributed by atoms with E-state index in [0.29, 0.717) is 25.9 Å². The number of halogens is 1. The first-order valence-corrected chi connectivity index (χ1v) is 13.7. The van der Waals surface area contributed by atoms with Gasteiger partial charge in [-0.05, 0) is 33.6 Å². The Hall–Kier alpha value is -1.32. The largest absolute Gasteiger partial charge is 0.394 e. The van der Waals surface area contributed by atoms with E-state index in [9.17, 15) is 19.5 Å². The van der Waals surface area contributed by atoms with E-state index in [2.05, 4.69) is 29.1 Å². The lowest BCUT2D eigenvalue weighted by Gasteiger charge is -2.43. The van der Waals surface area contributed by atoms with Crippen molar-refractivity contribution in [3.8, 4) is 0 Å². The normalized spacial score (nSPS) is 33.0. The fraction of sp³-hybridized carbons (Fsp3) is 0.720. The first-order valence-electron chi connectivity index (χ1n) is 11.9. The molecule has 9 heteroatoms. The lowest BCUT2D eigenvalue weighted by Crippen LogP contribution is -2.60. The van der Waals surface area contributed by atoms with Gasteiger partial charge in [0.1, 0.15) is 6.04 Å². The molecule has 0 aliphatic carbocycles. The molecule has 3 amide bonds. The number of fused-ring (bicyclic) bond motifs is 1. The highest BCUT2D eigenvalue weighted by atomic mass is 79.9. The van der Waals surface area contributed by atoms with Gasteiger partial charge in [0.05, 0.1) is 29.2 Å². The lowest BCUT2D eigenvalue weighted by atomic mass is 9.70. The van der Waals surface area contributed by atoms with Gasteiger partial charge >= 0.3 is 0 Å². The summed E-state index contributed by atoms with van der Waals surface area (Å²) >= 11 is 5.41. The molecular formula is C25H38BrN3O4S. The average Bonchev–Trinajstić information content (AvgIpc) is 3.35. The van der Waals surface area contributed by atoms with Crippen LogP contribution in [0.15, 0.2) is 25.3 Å². The topological polar surface area (TPSA) is 81.2 Å². The smallest absolute Gasteiger partial charge is 0.247 e. The zero-order valence-electron chi connectivity index (χ0n) is 20.9. The first kappa shape index (κ1) is 27.3. The Kier molecular flexibility index (Phi) is 8.00. The molecule has 0 aromatic rings. The molecule has 3 heterocycles. The van der Waals surface area contributed by atoms with Crippen molar-refractivity contribution >= 4 is 45.4 Å². The number of amides is 3. The molecule has 1 N–H and O–H groups in total. The van der Waals surface area contributed by atoms with Crippen molar-refractivity contribution in [1.29, 1.82) is 0 Å². The highest BCUT2D eigenvalue weighted by molar-refractivity contribution is 9.09. The van der Waals surface area contributed by atoms with Gasteiger partial charge in [-0.1, -0.05) is 35.0 Å². The molecule has 3 aliphatic heterocycles. The number of nitrogens with zero attached hydrogens (tertiary/aromatic N) is 3. The molecule has 3 fully saturated rings. The van der Waals surface area contributed by atoms with Gasteiger partial charge in [-0.25, -0.2) is 0 Å². The third-order valence-electron chi connectivity index (χ3n) is 7.49. The Morgan fingerprint density at radius 3 is 2.41 bits per heavy atom. The SMILES string of the molecule is C=CCN(C)C(=O)[C@H]1[C@H]2C(=O)N([C@@H](CC)CO)C(C(=O)N(CC=C)C(C)(C)C)C23CC(Br)[C@@H]1S3. The van der Waals surface area contributed by atoms with Gasteiger partial charge in [-0.2, -0.15) is 0 Å². The number of likely N-dealkylation sites (N-methyl/N-ethyl adjacent to an activating group) is 1. The molecular weight excluding hydrogens is 518 g/mol. The summed E-state index contributed by atoms with van der Waals surface area (Å²) in [6.45, 7) is 15.9. The minimum absolute atomic E-state index is 0.0135. The molecule has 2 bridgehead atoms. The van der Waals surface area contributed by atoms with Crippen LogP contribution in [0, 0.1) is 11.8 Å². The van der Waals surface area contributed by atoms with Crippen LogP contribution in [0.25, 0.3) is 0 Å². The van der Waals surface area contributed by atoms with Gasteiger partial charge in [-0.3, -0.25) is 14.4 Å². The van der Waals surface area contributed by atoms with Crippen molar-refractivity contribution in [2.45, 2.75) is 73.0 Å². The molecule has 0 radical (unpaired) electrons. The molecule has 3 unspecified atom stereocenters. The Morgan fingerprint density at radius 2 is 1.91 bits per heavy atom. The summed E-state index contributed by atoms with van der Waals surface area (Å²) < 4.78 is -0.727. The Labute approximate surface area is 216 Å². The summed E-state index contributed by atoms with van der Waals surface area (Å²) in [7, 11) is 1.73. The van der Waals surface area contributed by atoms with Crippen molar-refractivity contribution in [2.24, 2.45) is 11.8 Å². The first-order chi connectivity index (χ1) is 15.9. The number of aliphatic hydroxyl groups excluding tert-OH is 1. The number of hydrogen-bond acceptors (Lipinski definition) is 5. The number of carbonyl (C=O) groups is 3. The highest BCUT2D eigenvalue weighted by Gasteiger charge is 2.76. The Balaban J connectivity index is 2.15. The molecule has 3 saturated heterocycles. The number of hydrogen-bond donors (Lipinski definition) is 1. The van der Waals surface area contributed by atoms with Crippen LogP contribution >= 0.6 is 27.7 Å². The maximum Gasteiger partial charge on any atom is 0.247 e. The monoisotopic (exact) mass is 555 g/mol. The van der Waals surface area contributed by atoms with E-state index in [1.165, 1.54) is 0 Å². The van der Waals surface area contributed by atoms with Crippen molar-refractivity contribution in [1.82, 2.24) is 14.7 Å². The summed E-state index contributed by atoms with van der Waals surface area (Å²) in [6, 6.07) is -1.24. The summed E-state index contributed by atoms with van der Waals surface area (Å²) in [5.74, 6) is -1.55. The Bertz CT molecular complexity index is 858. The standard InChI is InChI=1S/C25H38BrN3O4S/c1-8-11-27(7)21(31)17-18-22(32)29(15(10-3)14-30)20(25(18)13-16(26)19(17)34-25)23(33)28(12-9-2)24(4,5)6/h8-9,15-20,30H,1-2,10-14H2,3-7H3/t15-,16?,17-,18-,19-,20?,25?/m0/s1. The van der Waals surface area contributed by atoms with E-state index in [1.54, 1.807) is 45.7 Å². The van der Waals surface area contributed by atoms with Gasteiger partial charge in [0.15, 0.2) is 0 Å². The van der Waals surface area contributed by atoms with E-state index in [-0.39, 0.29) is 34.4 Å². The van der Waals surface area contributed by atoms with Crippen LogP contribution in [0.1, 0.15) is 40.5 Å². The van der Waals surface area contributed by atoms with E-state index in [4.69, 9.17) is 0 Å². The van der Waals surface area contributed by atoms with Crippen LogP contribution in [0.4, 0.5) is 0 Å². The van der Waals surface area contributed by atoms with Gasteiger partial charge in [0.2, 0.25) is 17.7 Å². The van der Waals surface area contributed by atoms with Crippen LogP contribution in [0.2, 0.25) is 0 Å². The highest BCUT2D eigenvalue weighted by Crippen LogP contribution is 2.68. The van der Waals surface area contributed by atoms with Crippen molar-refractivity contribution in [3.63, 3.8) is 0 Å². The lowest BCUT2D eigenvalue weighted by molar-refractivity contribution is -0.148. The minimum Gasteiger partial charge on any atom is -0.394 e. The fourth-order valence-corrected chi connectivity index (χ4v) is 9.53. The number of rotatable bonds is 9. The van der Waals surface area contributed by atoms with Crippen LogP contribution < -0.4 is 0 Å². The molecule has 0 aromatic carbocycles. The summed E-state index contributed by atoms with van der Waals surface area (Å²) in [4.78, 5) is 46.9. The number of aliphatic hydroxyl groups is 1. The zero-order chi connectivity index (χ0) is 25.6. The van der Waals surface area contributed by atoms with Gasteiger partial charge in [0, 0.05) is 35.8 Å². The molecule has 0 aromatic heterocycles. The second-order valence-corrected chi connectivity index (χ2v) is 13.3. The van der Waals surface area contributed by atoms with E-state index in [0.717, 1.165) is 0 Å². The second-order valence-electron chi connectivity index (χ2n) is 10.6. The predicted octanol–water partition coefficient (Wildman–Crippen LogP) is 2.68. The quantitative estimate of drug-likeness (QED) is 0.349. The van der Waals surface area contributed by atoms with Crippen molar-refractivity contribution in [3.05, 3.63) is 25.3 Å². The maximum absolute atomic E-state index is 14.3. The predicted molar refractivity (Wildman–Crippen MR) is 140 cm³/mol. The average molecular weight is 557 g/mol. The van der Waals surface area contributed by atoms with E-state index >= 15 is 0 Å². The van der Waals surface area contributed by atoms with Crippen molar-refractivity contribution in [2.75, 3.05) is 26.7 Å². The number of thioether (sulfide) groups is 1. The summed E-state index contributed by atoms with van der Waals surface area (Å²) in [6.07, 6.45) is 4.51. The third kappa shape index (κ3) is 4.15. The molecule has 3 aliphatic rings. The van der Waals surface area contributed by atoms with Gasteiger partial charge in [0.25, 0.3) is 0 Å². The van der Waals surface area contributed by atoms with Crippen LogP contribution in [-0.4, -0.2) is 96.7 Å². The van der Waals surface area contributed by atoms with Crippen LogP contribution in [0.5, 0.6) is 0 Å². The van der Waals surface area contributed by atoms with Gasteiger partial charge in [-0.15, -0.1) is 24.9 Å². The van der Waals surface area contributed by atoms with Gasteiger partial charge < -0.3 is 19.8 Å². The fourth-order valence-electron chi connectivity index (χ4n) is 5.95. The third-order valence-corrected chi connectivity index (χ3v) is 10.7. The summed E-state index contributed by atoms with van der Waals surface area (Å²) in [5, 5.41) is 10.1. The number of likely N-dealkylation sites (tertiary alicyclic amines) is 1. The van der Waals surface area contributed by atoms with Crippen LogP contribution in [-0.2, 0) is 14.4 Å². The van der Waals surface area contributed by atoms with Crippen molar-refractivity contribution < 1.29 is 19.5 Å². The molecule has 0 saturated carbocycles.